The molecule has 2 amide bonds. The summed E-state index contributed by atoms with van der Waals surface area (Å²) < 4.78 is 0. The van der Waals surface area contributed by atoms with Crippen LogP contribution in [0.3, 0.4) is 0 Å². The molecule has 1 atom stereocenters. The van der Waals surface area contributed by atoms with E-state index in [9.17, 15) is 9.59 Å². The van der Waals surface area contributed by atoms with Gasteiger partial charge in [-0.15, -0.1) is 0 Å². The predicted molar refractivity (Wildman–Crippen MR) is 82.8 cm³/mol. The molecular weight excluding hydrogens is 294 g/mol. The summed E-state index contributed by atoms with van der Waals surface area (Å²) in [7, 11) is 1.75. The number of carbonyl (C=O) groups is 2. The molecule has 0 aliphatic carbocycles. The van der Waals surface area contributed by atoms with E-state index < -0.39 is 0 Å². The number of hydrogen-bond donors (Lipinski definition) is 1. The minimum atomic E-state index is -0.292. The lowest BCUT2D eigenvalue weighted by atomic mass is 10.1. The second-order valence-electron chi connectivity index (χ2n) is 5.77. The molecule has 1 aliphatic rings. The molecule has 3 heterocycles. The van der Waals surface area contributed by atoms with Crippen molar-refractivity contribution >= 4 is 11.8 Å². The maximum absolute atomic E-state index is 12.5. The quantitative estimate of drug-likeness (QED) is 0.885. The molecule has 2 aromatic heterocycles. The molecule has 0 radical (unpaired) electrons. The Morgan fingerprint density at radius 1 is 1.39 bits per heavy atom. The van der Waals surface area contributed by atoms with Gasteiger partial charge in [-0.25, -0.2) is 0 Å². The van der Waals surface area contributed by atoms with E-state index in [1.54, 1.807) is 29.2 Å². The molecule has 7 heteroatoms. The van der Waals surface area contributed by atoms with Crippen molar-refractivity contribution in [2.24, 2.45) is 5.92 Å². The van der Waals surface area contributed by atoms with E-state index in [1.165, 1.54) is 0 Å². The number of rotatable bonds is 5. The third-order valence-electron chi connectivity index (χ3n) is 3.98. The van der Waals surface area contributed by atoms with Crippen LogP contribution < -0.4 is 0 Å². The molecule has 1 aliphatic heterocycles. The molecular formula is C16H19N5O2. The molecule has 1 saturated heterocycles. The van der Waals surface area contributed by atoms with Crippen molar-refractivity contribution in [2.75, 3.05) is 13.6 Å². The van der Waals surface area contributed by atoms with Crippen LogP contribution in [-0.4, -0.2) is 50.4 Å². The van der Waals surface area contributed by atoms with Crippen molar-refractivity contribution < 1.29 is 9.59 Å². The number of likely N-dealkylation sites (tertiary alicyclic amines) is 1. The van der Waals surface area contributed by atoms with Crippen LogP contribution in [0.25, 0.3) is 0 Å². The zero-order chi connectivity index (χ0) is 16.2. The van der Waals surface area contributed by atoms with Gasteiger partial charge in [0.2, 0.25) is 11.8 Å². The summed E-state index contributed by atoms with van der Waals surface area (Å²) in [6.45, 7) is 1.36. The Labute approximate surface area is 134 Å². The molecule has 0 spiro atoms. The van der Waals surface area contributed by atoms with E-state index in [2.05, 4.69) is 15.2 Å². The Kier molecular flexibility index (Phi) is 4.36. The Morgan fingerprint density at radius 3 is 2.96 bits per heavy atom. The summed E-state index contributed by atoms with van der Waals surface area (Å²) in [5.41, 5.74) is 1.70. The molecule has 2 aromatic rings. The molecule has 1 fully saturated rings. The fourth-order valence-electron chi connectivity index (χ4n) is 2.80. The number of H-pyrrole nitrogens is 1. The van der Waals surface area contributed by atoms with Gasteiger partial charge in [0, 0.05) is 32.4 Å². The van der Waals surface area contributed by atoms with Gasteiger partial charge in [0.1, 0.15) is 0 Å². The first kappa shape index (κ1) is 15.2. The zero-order valence-electron chi connectivity index (χ0n) is 13.0. The van der Waals surface area contributed by atoms with Crippen molar-refractivity contribution in [3.05, 3.63) is 48.0 Å². The van der Waals surface area contributed by atoms with Crippen LogP contribution in [-0.2, 0) is 22.7 Å². The third-order valence-corrected chi connectivity index (χ3v) is 3.98. The molecule has 23 heavy (non-hydrogen) atoms. The molecule has 0 aromatic carbocycles. The molecule has 1 N–H and O–H groups in total. The molecule has 3 rings (SSSR count). The number of carbonyl (C=O) groups excluding carboxylic acids is 2. The van der Waals surface area contributed by atoms with Gasteiger partial charge in [-0.1, -0.05) is 6.07 Å². The minimum absolute atomic E-state index is 0.00365. The first-order valence-corrected chi connectivity index (χ1v) is 7.54. The lowest BCUT2D eigenvalue weighted by Crippen LogP contribution is -2.34. The molecule has 120 valence electrons. The van der Waals surface area contributed by atoms with Gasteiger partial charge in [-0.05, 0) is 18.2 Å². The smallest absolute Gasteiger partial charge is 0.228 e. The number of hydrogen-bond acceptors (Lipinski definition) is 4. The van der Waals surface area contributed by atoms with E-state index in [0.29, 0.717) is 19.6 Å². The molecule has 0 saturated carbocycles. The number of nitrogens with one attached hydrogen (secondary N) is 1. The van der Waals surface area contributed by atoms with Crippen LogP contribution in [0.15, 0.2) is 36.7 Å². The van der Waals surface area contributed by atoms with E-state index in [1.807, 2.05) is 24.3 Å². The van der Waals surface area contributed by atoms with Crippen LogP contribution in [0.1, 0.15) is 17.8 Å². The first-order chi connectivity index (χ1) is 11.1. The Bertz CT molecular complexity index is 671. The largest absolute Gasteiger partial charge is 0.340 e. The maximum atomic E-state index is 12.5. The fourth-order valence-corrected chi connectivity index (χ4v) is 2.80. The standard InChI is InChI=1S/C16H19N5O2/c1-20(10-14-5-7-18-19-14)16(23)12-8-15(22)21(9-12)11-13-4-2-3-6-17-13/h2-7,12H,8-11H2,1H3,(H,18,19)/t12-/m1/s1. The Balaban J connectivity index is 1.59. The first-order valence-electron chi connectivity index (χ1n) is 7.54. The minimum Gasteiger partial charge on any atom is -0.340 e. The lowest BCUT2D eigenvalue weighted by Gasteiger charge is -2.20. The third kappa shape index (κ3) is 3.56. The van der Waals surface area contributed by atoms with Crippen molar-refractivity contribution in [2.45, 2.75) is 19.5 Å². The Hall–Kier alpha value is -2.70. The SMILES string of the molecule is CN(Cc1ccn[nH]1)C(=O)[C@@H]1CC(=O)N(Cc2ccccn2)C1. The highest BCUT2D eigenvalue weighted by molar-refractivity contribution is 5.89. The zero-order valence-corrected chi connectivity index (χ0v) is 13.0. The van der Waals surface area contributed by atoms with Crippen molar-refractivity contribution in [3.8, 4) is 0 Å². The average molecular weight is 313 g/mol. The number of aromatic amines is 1. The van der Waals surface area contributed by atoms with Gasteiger partial charge < -0.3 is 9.80 Å². The van der Waals surface area contributed by atoms with Crippen molar-refractivity contribution in [1.82, 2.24) is 25.0 Å². The van der Waals surface area contributed by atoms with E-state index in [0.717, 1.165) is 11.4 Å². The second-order valence-corrected chi connectivity index (χ2v) is 5.77. The van der Waals surface area contributed by atoms with Crippen LogP contribution in [0.2, 0.25) is 0 Å². The lowest BCUT2D eigenvalue weighted by molar-refractivity contribution is -0.135. The van der Waals surface area contributed by atoms with Gasteiger partial charge in [-0.2, -0.15) is 5.10 Å². The molecule has 0 unspecified atom stereocenters. The van der Waals surface area contributed by atoms with E-state index >= 15 is 0 Å². The number of pyridine rings is 1. The van der Waals surface area contributed by atoms with Crippen LogP contribution in [0.4, 0.5) is 0 Å². The number of aromatic nitrogens is 3. The van der Waals surface area contributed by atoms with E-state index in [4.69, 9.17) is 0 Å². The number of nitrogens with zero attached hydrogens (tertiary/aromatic N) is 4. The summed E-state index contributed by atoms with van der Waals surface area (Å²) in [6.07, 6.45) is 3.62. The maximum Gasteiger partial charge on any atom is 0.228 e. The predicted octanol–water partition coefficient (Wildman–Crippen LogP) is 0.812. The van der Waals surface area contributed by atoms with Gasteiger partial charge in [0.25, 0.3) is 0 Å². The van der Waals surface area contributed by atoms with Crippen molar-refractivity contribution in [3.63, 3.8) is 0 Å². The summed E-state index contributed by atoms with van der Waals surface area (Å²) in [4.78, 5) is 32.2. The topological polar surface area (TPSA) is 82.2 Å². The fraction of sp³-hybridized carbons (Fsp3) is 0.375. The van der Waals surface area contributed by atoms with Crippen molar-refractivity contribution in [1.29, 1.82) is 0 Å². The number of amides is 2. The van der Waals surface area contributed by atoms with Gasteiger partial charge in [-0.3, -0.25) is 19.7 Å². The van der Waals surface area contributed by atoms with Crippen LogP contribution >= 0.6 is 0 Å². The van der Waals surface area contributed by atoms with Crippen LogP contribution in [0.5, 0.6) is 0 Å². The normalized spacial score (nSPS) is 17.5. The Morgan fingerprint density at radius 2 is 2.26 bits per heavy atom. The van der Waals surface area contributed by atoms with E-state index in [-0.39, 0.29) is 24.2 Å². The second kappa shape index (κ2) is 6.60. The summed E-state index contributed by atoms with van der Waals surface area (Å²) in [5.74, 6) is -0.306. The van der Waals surface area contributed by atoms with Gasteiger partial charge >= 0.3 is 0 Å². The monoisotopic (exact) mass is 313 g/mol. The summed E-state index contributed by atoms with van der Waals surface area (Å²) in [5, 5.41) is 6.71. The highest BCUT2D eigenvalue weighted by atomic mass is 16.2. The highest BCUT2D eigenvalue weighted by Crippen LogP contribution is 2.22. The van der Waals surface area contributed by atoms with Crippen LogP contribution in [0, 0.1) is 5.92 Å². The highest BCUT2D eigenvalue weighted by Gasteiger charge is 2.35. The summed E-state index contributed by atoms with van der Waals surface area (Å²) >= 11 is 0. The van der Waals surface area contributed by atoms with Gasteiger partial charge in [0.15, 0.2) is 0 Å². The molecule has 7 nitrogen and oxygen atoms in total. The molecule has 0 bridgehead atoms. The summed E-state index contributed by atoms with van der Waals surface area (Å²) in [6, 6.07) is 7.44. The van der Waals surface area contributed by atoms with Gasteiger partial charge in [0.05, 0.1) is 30.4 Å². The average Bonchev–Trinajstić information content (AvgIpc) is 3.18.